The van der Waals surface area contributed by atoms with E-state index in [1.54, 1.807) is 12.4 Å². The molecule has 0 aliphatic carbocycles. The van der Waals surface area contributed by atoms with Gasteiger partial charge in [-0.25, -0.2) is 9.97 Å². The molecule has 0 amide bonds. The van der Waals surface area contributed by atoms with Gasteiger partial charge in [0.05, 0.1) is 0 Å². The maximum Gasteiger partial charge on any atom is 0.175 e. The normalized spacial score (nSPS) is 10.2. The van der Waals surface area contributed by atoms with Gasteiger partial charge in [0.25, 0.3) is 0 Å². The predicted octanol–water partition coefficient (Wildman–Crippen LogP) is 2.72. The molecule has 0 radical (unpaired) electrons. The zero-order valence-electron chi connectivity index (χ0n) is 11.8. The minimum atomic E-state index is -0.0953. The molecule has 22 heavy (non-hydrogen) atoms. The van der Waals surface area contributed by atoms with E-state index in [1.807, 2.05) is 30.6 Å². The number of hydrogen-bond donors (Lipinski definition) is 2. The van der Waals surface area contributed by atoms with E-state index in [1.165, 1.54) is 22.9 Å². The average molecular weight is 292 g/mol. The molecular weight excluding hydrogens is 276 g/mol. The Morgan fingerprint density at radius 3 is 1.82 bits per heavy atom. The number of phenolic OH excluding ortho intramolecular Hbond substituents is 2. The molecule has 0 spiro atoms. The first-order chi connectivity index (χ1) is 10.7. The van der Waals surface area contributed by atoms with E-state index >= 15 is 0 Å². The molecule has 0 bridgehead atoms. The molecule has 0 saturated carbocycles. The summed E-state index contributed by atoms with van der Waals surface area (Å²) in [5.41, 5.74) is 0. The van der Waals surface area contributed by atoms with E-state index < -0.39 is 0 Å². The second-order valence-corrected chi connectivity index (χ2v) is 4.89. The number of phenols is 2. The zero-order chi connectivity index (χ0) is 15.4. The Balaban J connectivity index is 0.000000133. The molecule has 4 aromatic rings. The van der Waals surface area contributed by atoms with E-state index in [9.17, 15) is 0 Å². The summed E-state index contributed by atoms with van der Waals surface area (Å²) >= 11 is 0. The number of fused-ring (bicyclic) bond motifs is 2. The van der Waals surface area contributed by atoms with Crippen molar-refractivity contribution in [2.24, 2.45) is 0 Å². The van der Waals surface area contributed by atoms with E-state index in [-0.39, 0.29) is 11.5 Å². The number of rotatable bonds is 0. The second kappa shape index (κ2) is 6.10. The Morgan fingerprint density at radius 1 is 0.591 bits per heavy atom. The van der Waals surface area contributed by atoms with Gasteiger partial charge in [0.15, 0.2) is 36.3 Å². The molecule has 2 heterocycles. The summed E-state index contributed by atoms with van der Waals surface area (Å²) in [6, 6.07) is 15.2. The van der Waals surface area contributed by atoms with Gasteiger partial charge in [-0.2, -0.15) is 0 Å². The fraction of sp³-hybridized carbons (Fsp3) is 0. The summed E-state index contributed by atoms with van der Waals surface area (Å²) in [7, 11) is 0. The van der Waals surface area contributed by atoms with Crippen LogP contribution in [0.5, 0.6) is 11.5 Å². The van der Waals surface area contributed by atoms with Gasteiger partial charge in [-0.05, 0) is 29.0 Å². The van der Waals surface area contributed by atoms with Crippen LogP contribution in [0.25, 0.3) is 21.5 Å². The van der Waals surface area contributed by atoms with Gasteiger partial charge in [-0.3, -0.25) is 0 Å². The van der Waals surface area contributed by atoms with Crippen LogP contribution in [0.15, 0.2) is 73.3 Å². The highest BCUT2D eigenvalue weighted by Crippen LogP contribution is 2.28. The third-order valence-corrected chi connectivity index (χ3v) is 3.37. The molecule has 0 saturated heterocycles. The van der Waals surface area contributed by atoms with E-state index in [4.69, 9.17) is 10.2 Å². The molecule has 4 heteroatoms. The van der Waals surface area contributed by atoms with Crippen molar-refractivity contribution in [3.63, 3.8) is 0 Å². The number of aromatic amines is 2. The van der Waals surface area contributed by atoms with E-state index in [0.717, 1.165) is 10.8 Å². The van der Waals surface area contributed by atoms with Crippen LogP contribution in [0, 0.1) is 0 Å². The van der Waals surface area contributed by atoms with E-state index in [2.05, 4.69) is 28.2 Å². The maximum absolute atomic E-state index is 9.16. The molecule has 0 fully saturated rings. The second-order valence-electron chi connectivity index (χ2n) is 4.89. The molecular formula is C18H16N2O2+2. The Bertz CT molecular complexity index is 817. The van der Waals surface area contributed by atoms with Crippen LogP contribution in [-0.2, 0) is 0 Å². The summed E-state index contributed by atoms with van der Waals surface area (Å²) in [4.78, 5) is 5.92. The summed E-state index contributed by atoms with van der Waals surface area (Å²) in [6.45, 7) is 0. The summed E-state index contributed by atoms with van der Waals surface area (Å²) in [5, 5.41) is 22.6. The van der Waals surface area contributed by atoms with Crippen LogP contribution in [0.1, 0.15) is 0 Å². The zero-order valence-corrected chi connectivity index (χ0v) is 11.8. The van der Waals surface area contributed by atoms with Gasteiger partial charge < -0.3 is 10.2 Å². The predicted molar refractivity (Wildman–Crippen MR) is 84.3 cm³/mol. The first-order valence-electron chi connectivity index (χ1n) is 6.91. The van der Waals surface area contributed by atoms with Crippen LogP contribution in [-0.4, -0.2) is 10.2 Å². The number of nitrogens with one attached hydrogen (secondary N) is 2. The van der Waals surface area contributed by atoms with Crippen molar-refractivity contribution >= 4 is 21.5 Å². The molecule has 0 atom stereocenters. The van der Waals surface area contributed by atoms with Crippen LogP contribution in [0.2, 0.25) is 0 Å². The van der Waals surface area contributed by atoms with Crippen LogP contribution >= 0.6 is 0 Å². The van der Waals surface area contributed by atoms with Crippen LogP contribution in [0.4, 0.5) is 0 Å². The largest absolute Gasteiger partial charge is 0.504 e. The number of pyridine rings is 2. The molecule has 2 aromatic carbocycles. The number of aromatic nitrogens is 2. The van der Waals surface area contributed by atoms with Crippen molar-refractivity contribution in [2.75, 3.05) is 0 Å². The maximum atomic E-state index is 9.16. The highest BCUT2D eigenvalue weighted by Gasteiger charge is 2.02. The molecule has 108 valence electrons. The van der Waals surface area contributed by atoms with Crippen molar-refractivity contribution in [3.8, 4) is 11.5 Å². The highest BCUT2D eigenvalue weighted by atomic mass is 16.3. The minimum absolute atomic E-state index is 0.0892. The van der Waals surface area contributed by atoms with Crippen molar-refractivity contribution in [1.82, 2.24) is 0 Å². The molecule has 4 nitrogen and oxygen atoms in total. The quantitative estimate of drug-likeness (QED) is 0.489. The molecule has 2 aromatic heterocycles. The lowest BCUT2D eigenvalue weighted by atomic mass is 10.1. The van der Waals surface area contributed by atoms with Crippen LogP contribution in [0.3, 0.4) is 0 Å². The first kappa shape index (κ1) is 13.8. The Kier molecular flexibility index (Phi) is 3.83. The van der Waals surface area contributed by atoms with Gasteiger partial charge in [-0.15, -0.1) is 0 Å². The fourth-order valence-electron chi connectivity index (χ4n) is 2.22. The Hall–Kier alpha value is -3.14. The van der Waals surface area contributed by atoms with Crippen molar-refractivity contribution in [3.05, 3.63) is 73.3 Å². The monoisotopic (exact) mass is 292 g/mol. The number of hydrogen-bond acceptors (Lipinski definition) is 2. The van der Waals surface area contributed by atoms with Gasteiger partial charge in [-0.1, -0.05) is 18.2 Å². The summed E-state index contributed by atoms with van der Waals surface area (Å²) in [5.74, 6) is -0.184. The summed E-state index contributed by atoms with van der Waals surface area (Å²) < 4.78 is 0. The van der Waals surface area contributed by atoms with Gasteiger partial charge in [0.1, 0.15) is 0 Å². The third kappa shape index (κ3) is 2.96. The Morgan fingerprint density at radius 2 is 1.14 bits per heavy atom. The third-order valence-electron chi connectivity index (χ3n) is 3.37. The lowest BCUT2D eigenvalue weighted by Gasteiger charge is -1.97. The SMILES string of the molecule is Oc1cc2cc[nH+]cc2cc1O.c1ccc2c[nH+]ccc2c1. The van der Waals surface area contributed by atoms with Gasteiger partial charge in [0.2, 0.25) is 0 Å². The molecule has 4 N–H and O–H groups in total. The Labute approximate surface area is 127 Å². The topological polar surface area (TPSA) is 68.7 Å². The van der Waals surface area contributed by atoms with Crippen molar-refractivity contribution in [1.29, 1.82) is 0 Å². The van der Waals surface area contributed by atoms with Crippen molar-refractivity contribution in [2.45, 2.75) is 0 Å². The fourth-order valence-corrected chi connectivity index (χ4v) is 2.22. The molecule has 0 aliphatic heterocycles. The minimum Gasteiger partial charge on any atom is -0.504 e. The first-order valence-corrected chi connectivity index (χ1v) is 6.91. The average Bonchev–Trinajstić information content (AvgIpc) is 2.57. The lowest BCUT2D eigenvalue weighted by molar-refractivity contribution is -0.376. The molecule has 0 aliphatic rings. The number of H-pyrrole nitrogens is 2. The smallest absolute Gasteiger partial charge is 0.175 e. The van der Waals surface area contributed by atoms with Crippen LogP contribution < -0.4 is 9.97 Å². The van der Waals surface area contributed by atoms with E-state index in [0.29, 0.717) is 0 Å². The van der Waals surface area contributed by atoms with Crippen molar-refractivity contribution < 1.29 is 20.2 Å². The lowest BCUT2D eigenvalue weighted by Crippen LogP contribution is -1.96. The number of benzene rings is 2. The van der Waals surface area contributed by atoms with Gasteiger partial charge >= 0.3 is 0 Å². The van der Waals surface area contributed by atoms with Gasteiger partial charge in [0, 0.05) is 22.9 Å². The molecule has 4 rings (SSSR count). The summed E-state index contributed by atoms with van der Waals surface area (Å²) in [6.07, 6.45) is 7.45. The number of aromatic hydroxyl groups is 2. The highest BCUT2D eigenvalue weighted by molar-refractivity contribution is 5.84. The standard InChI is InChI=1S/C9H7NO2.C9H7N/c11-8-3-6-1-2-10-5-7(6)4-9(8)12;1-2-4-9-7-10-6-5-8(9)3-1/h1-5,11-12H;1-7H/p+2. The molecule has 0 unspecified atom stereocenters.